The van der Waals surface area contributed by atoms with Gasteiger partial charge >= 0.3 is 6.09 Å². The van der Waals surface area contributed by atoms with Gasteiger partial charge in [0.15, 0.2) is 0 Å². The van der Waals surface area contributed by atoms with Crippen LogP contribution in [0.2, 0.25) is 0 Å². The van der Waals surface area contributed by atoms with Crippen LogP contribution in [0.1, 0.15) is 49.5 Å². The summed E-state index contributed by atoms with van der Waals surface area (Å²) >= 11 is 0. The Bertz CT molecular complexity index is 632. The highest BCUT2D eigenvalue weighted by Gasteiger charge is 2.25. The molecule has 25 heavy (non-hydrogen) atoms. The van der Waals surface area contributed by atoms with Crippen molar-refractivity contribution >= 4 is 12.0 Å². The fourth-order valence-electron chi connectivity index (χ4n) is 2.79. The molecule has 1 aromatic rings. The molecule has 2 amide bonds. The molecular formula is C19H27FN2O3. The second kappa shape index (κ2) is 7.85. The Kier molecular flexibility index (Phi) is 6.03. The van der Waals surface area contributed by atoms with Crippen molar-refractivity contribution in [3.63, 3.8) is 0 Å². The van der Waals surface area contributed by atoms with Gasteiger partial charge in [0, 0.05) is 25.2 Å². The molecule has 1 aromatic carbocycles. The molecule has 0 unspecified atom stereocenters. The Morgan fingerprint density at radius 3 is 2.48 bits per heavy atom. The maximum Gasteiger partial charge on any atom is 0.407 e. The van der Waals surface area contributed by atoms with Crippen LogP contribution in [0.4, 0.5) is 9.18 Å². The van der Waals surface area contributed by atoms with E-state index in [9.17, 15) is 14.0 Å². The summed E-state index contributed by atoms with van der Waals surface area (Å²) in [5, 5.41) is 2.78. The Hall–Kier alpha value is -2.11. The van der Waals surface area contributed by atoms with Crippen LogP contribution in [-0.4, -0.2) is 42.1 Å². The van der Waals surface area contributed by atoms with E-state index in [0.29, 0.717) is 36.7 Å². The summed E-state index contributed by atoms with van der Waals surface area (Å²) in [6, 6.07) is 4.59. The van der Waals surface area contributed by atoms with Crippen LogP contribution < -0.4 is 5.32 Å². The van der Waals surface area contributed by atoms with E-state index in [1.807, 2.05) is 20.8 Å². The van der Waals surface area contributed by atoms with Crippen LogP contribution >= 0.6 is 0 Å². The number of alkyl carbamates (subject to hydrolysis) is 1. The summed E-state index contributed by atoms with van der Waals surface area (Å²) in [7, 11) is 0. The SMILES string of the molecule is Cc1ccc(C(=O)N2CCC(CNC(=O)OC(C)(C)C)CC2)cc1F. The first kappa shape index (κ1) is 19.2. The molecule has 0 radical (unpaired) electrons. The van der Waals surface area contributed by atoms with Gasteiger partial charge in [0.05, 0.1) is 0 Å². The molecule has 0 spiro atoms. The smallest absolute Gasteiger partial charge is 0.407 e. The third-order valence-corrected chi connectivity index (χ3v) is 4.25. The number of piperidine rings is 1. The van der Waals surface area contributed by atoms with E-state index in [1.54, 1.807) is 24.0 Å². The molecule has 0 saturated carbocycles. The Morgan fingerprint density at radius 2 is 1.92 bits per heavy atom. The lowest BCUT2D eigenvalue weighted by atomic mass is 9.96. The number of likely N-dealkylation sites (tertiary alicyclic amines) is 1. The molecule has 1 heterocycles. The second-order valence-corrected chi connectivity index (χ2v) is 7.58. The molecule has 0 bridgehead atoms. The monoisotopic (exact) mass is 350 g/mol. The molecule has 6 heteroatoms. The zero-order valence-electron chi connectivity index (χ0n) is 15.4. The zero-order chi connectivity index (χ0) is 18.6. The van der Waals surface area contributed by atoms with Crippen LogP contribution in [-0.2, 0) is 4.74 Å². The molecule has 1 N–H and O–H groups in total. The quantitative estimate of drug-likeness (QED) is 0.907. The van der Waals surface area contributed by atoms with Crippen LogP contribution in [0.3, 0.4) is 0 Å². The number of benzene rings is 1. The molecule has 1 fully saturated rings. The molecule has 1 saturated heterocycles. The van der Waals surface area contributed by atoms with Crippen molar-refractivity contribution in [2.24, 2.45) is 5.92 Å². The normalized spacial score (nSPS) is 15.8. The maximum atomic E-state index is 13.6. The van der Waals surface area contributed by atoms with Gasteiger partial charge < -0.3 is 15.0 Å². The Balaban J connectivity index is 1.80. The summed E-state index contributed by atoms with van der Waals surface area (Å²) in [5.41, 5.74) is 0.403. The van der Waals surface area contributed by atoms with Gasteiger partial charge in [-0.1, -0.05) is 6.07 Å². The van der Waals surface area contributed by atoms with Gasteiger partial charge in [-0.25, -0.2) is 9.18 Å². The van der Waals surface area contributed by atoms with Crippen LogP contribution in [0.25, 0.3) is 0 Å². The van der Waals surface area contributed by atoms with E-state index in [2.05, 4.69) is 5.32 Å². The molecule has 0 atom stereocenters. The lowest BCUT2D eigenvalue weighted by Gasteiger charge is -2.32. The predicted octanol–water partition coefficient (Wildman–Crippen LogP) is 3.51. The first-order valence-electron chi connectivity index (χ1n) is 8.68. The third kappa shape index (κ3) is 5.73. The number of hydrogen-bond acceptors (Lipinski definition) is 3. The maximum absolute atomic E-state index is 13.6. The van der Waals surface area contributed by atoms with Crippen molar-refractivity contribution in [3.8, 4) is 0 Å². The molecule has 2 rings (SSSR count). The first-order chi connectivity index (χ1) is 11.7. The summed E-state index contributed by atoms with van der Waals surface area (Å²) in [6.07, 6.45) is 1.19. The summed E-state index contributed by atoms with van der Waals surface area (Å²) in [5.74, 6) is -0.189. The highest BCUT2D eigenvalue weighted by molar-refractivity contribution is 5.94. The Morgan fingerprint density at radius 1 is 1.28 bits per heavy atom. The number of nitrogens with one attached hydrogen (secondary N) is 1. The molecule has 138 valence electrons. The number of amides is 2. The lowest BCUT2D eigenvalue weighted by molar-refractivity contribution is 0.0500. The van der Waals surface area contributed by atoms with Crippen molar-refractivity contribution in [3.05, 3.63) is 35.1 Å². The summed E-state index contributed by atoms with van der Waals surface area (Å²) in [4.78, 5) is 25.9. The van der Waals surface area contributed by atoms with Gasteiger partial charge in [0.2, 0.25) is 0 Å². The van der Waals surface area contributed by atoms with E-state index in [1.165, 1.54) is 6.07 Å². The number of halogens is 1. The topological polar surface area (TPSA) is 58.6 Å². The highest BCUT2D eigenvalue weighted by atomic mass is 19.1. The molecule has 5 nitrogen and oxygen atoms in total. The van der Waals surface area contributed by atoms with E-state index in [4.69, 9.17) is 4.74 Å². The second-order valence-electron chi connectivity index (χ2n) is 7.58. The van der Waals surface area contributed by atoms with Crippen molar-refractivity contribution in [2.45, 2.75) is 46.1 Å². The van der Waals surface area contributed by atoms with Crippen molar-refractivity contribution in [1.29, 1.82) is 0 Å². The van der Waals surface area contributed by atoms with Crippen LogP contribution in [0, 0.1) is 18.7 Å². The fourth-order valence-corrected chi connectivity index (χ4v) is 2.79. The number of nitrogens with zero attached hydrogens (tertiary/aromatic N) is 1. The largest absolute Gasteiger partial charge is 0.444 e. The van der Waals surface area contributed by atoms with Crippen LogP contribution in [0.15, 0.2) is 18.2 Å². The standard InChI is InChI=1S/C19H27FN2O3/c1-13-5-6-15(11-16(13)20)17(23)22-9-7-14(8-10-22)12-21-18(24)25-19(2,3)4/h5-6,11,14H,7-10,12H2,1-4H3,(H,21,24). The van der Waals surface area contributed by atoms with Gasteiger partial charge in [-0.2, -0.15) is 0 Å². The van der Waals surface area contributed by atoms with Gasteiger partial charge in [-0.3, -0.25) is 4.79 Å². The predicted molar refractivity (Wildman–Crippen MR) is 94.0 cm³/mol. The van der Waals surface area contributed by atoms with Gasteiger partial charge in [-0.15, -0.1) is 0 Å². The molecular weight excluding hydrogens is 323 g/mol. The van der Waals surface area contributed by atoms with Crippen molar-refractivity contribution in [1.82, 2.24) is 10.2 Å². The van der Waals surface area contributed by atoms with Gasteiger partial charge in [0.25, 0.3) is 5.91 Å². The molecule has 0 aromatic heterocycles. The van der Waals surface area contributed by atoms with E-state index in [0.717, 1.165) is 12.8 Å². The number of carbonyl (C=O) groups excluding carboxylic acids is 2. The minimum absolute atomic E-state index is 0.141. The van der Waals surface area contributed by atoms with Crippen molar-refractivity contribution in [2.75, 3.05) is 19.6 Å². The minimum atomic E-state index is -0.511. The summed E-state index contributed by atoms with van der Waals surface area (Å²) in [6.45, 7) is 8.90. The van der Waals surface area contributed by atoms with Crippen LogP contribution in [0.5, 0.6) is 0 Å². The third-order valence-electron chi connectivity index (χ3n) is 4.25. The molecule has 1 aliphatic rings. The number of carbonyl (C=O) groups is 2. The number of ether oxygens (including phenoxy) is 1. The lowest BCUT2D eigenvalue weighted by Crippen LogP contribution is -2.42. The number of rotatable bonds is 3. The Labute approximate surface area is 148 Å². The van der Waals surface area contributed by atoms with E-state index < -0.39 is 11.7 Å². The molecule has 0 aliphatic carbocycles. The fraction of sp³-hybridized carbons (Fsp3) is 0.579. The van der Waals surface area contributed by atoms with E-state index >= 15 is 0 Å². The average molecular weight is 350 g/mol. The van der Waals surface area contributed by atoms with Gasteiger partial charge in [-0.05, 0) is 64.2 Å². The minimum Gasteiger partial charge on any atom is -0.444 e. The first-order valence-corrected chi connectivity index (χ1v) is 8.68. The van der Waals surface area contributed by atoms with Gasteiger partial charge in [0.1, 0.15) is 11.4 Å². The van der Waals surface area contributed by atoms with Crippen molar-refractivity contribution < 1.29 is 18.7 Å². The highest BCUT2D eigenvalue weighted by Crippen LogP contribution is 2.20. The number of hydrogen-bond donors (Lipinski definition) is 1. The average Bonchev–Trinajstić information content (AvgIpc) is 2.54. The molecule has 1 aliphatic heterocycles. The van der Waals surface area contributed by atoms with E-state index in [-0.39, 0.29) is 11.7 Å². The summed E-state index contributed by atoms with van der Waals surface area (Å²) < 4.78 is 18.9. The number of aryl methyl sites for hydroxylation is 1. The zero-order valence-corrected chi connectivity index (χ0v) is 15.4.